The van der Waals surface area contributed by atoms with Gasteiger partial charge in [-0.2, -0.15) is 0 Å². The van der Waals surface area contributed by atoms with Gasteiger partial charge in [-0.1, -0.05) is 20.8 Å². The zero-order valence-corrected chi connectivity index (χ0v) is 8.27. The molecule has 0 radical (unpaired) electrons. The molecule has 4 heteroatoms. The average molecular weight is 156 g/mol. The van der Waals surface area contributed by atoms with Crippen LogP contribution < -0.4 is 0 Å². The van der Waals surface area contributed by atoms with Crippen LogP contribution >= 0.6 is 0 Å². The molecule has 0 fully saturated rings. The van der Waals surface area contributed by atoms with Crippen molar-refractivity contribution in [3.8, 4) is 0 Å². The van der Waals surface area contributed by atoms with E-state index in [-0.39, 0.29) is 5.31 Å². The summed E-state index contributed by atoms with van der Waals surface area (Å²) in [5.41, 5.74) is -0.703. The van der Waals surface area contributed by atoms with E-state index in [0.29, 0.717) is 15.0 Å². The van der Waals surface area contributed by atoms with Crippen LogP contribution in [0.25, 0.3) is 0 Å². The van der Waals surface area contributed by atoms with Gasteiger partial charge in [0.2, 0.25) is 0 Å². The summed E-state index contributed by atoms with van der Waals surface area (Å²) in [4.78, 5) is 0. The molecule has 0 aliphatic carbocycles. The summed E-state index contributed by atoms with van der Waals surface area (Å²) in [6, 6.07) is 0. The molecule has 0 aromatic carbocycles. The Morgan fingerprint density at radius 2 is 1.45 bits per heavy atom. The SMILES string of the molecule is CC(C)(C)BOBC(C)(C)O. The van der Waals surface area contributed by atoms with Crippen molar-refractivity contribution in [3.05, 3.63) is 0 Å². The molecule has 0 spiro atoms. The fourth-order valence-electron chi connectivity index (χ4n) is 0.607. The molecule has 0 aromatic heterocycles. The molecule has 0 bridgehead atoms. The first-order valence-corrected chi connectivity index (χ1v) is 4.01. The van der Waals surface area contributed by atoms with E-state index in [0.717, 1.165) is 0 Å². The van der Waals surface area contributed by atoms with Crippen LogP contribution in [-0.4, -0.2) is 25.6 Å². The zero-order valence-electron chi connectivity index (χ0n) is 8.27. The third kappa shape index (κ3) is 10.0. The molecule has 0 rings (SSSR count). The molecule has 0 amide bonds. The minimum Gasteiger partial charge on any atom is -0.502 e. The van der Waals surface area contributed by atoms with Gasteiger partial charge in [-0.3, -0.25) is 0 Å². The summed E-state index contributed by atoms with van der Waals surface area (Å²) < 4.78 is 5.31. The van der Waals surface area contributed by atoms with E-state index >= 15 is 0 Å². The molecule has 0 atom stereocenters. The van der Waals surface area contributed by atoms with E-state index in [4.69, 9.17) is 4.57 Å². The van der Waals surface area contributed by atoms with Gasteiger partial charge in [-0.25, -0.2) is 0 Å². The Balaban J connectivity index is 3.44. The lowest BCUT2D eigenvalue weighted by Gasteiger charge is -2.20. The number of hydrogen-bond acceptors (Lipinski definition) is 2. The lowest BCUT2D eigenvalue weighted by atomic mass is 9.65. The van der Waals surface area contributed by atoms with Crippen LogP contribution in [0.4, 0.5) is 0 Å². The Labute approximate surface area is 70.9 Å². The summed E-state index contributed by atoms with van der Waals surface area (Å²) in [6.45, 7) is 9.82. The van der Waals surface area contributed by atoms with Crippen LogP contribution in [0.5, 0.6) is 0 Å². The van der Waals surface area contributed by atoms with Crippen molar-refractivity contribution in [2.75, 3.05) is 0 Å². The van der Waals surface area contributed by atoms with Crippen molar-refractivity contribution < 1.29 is 9.68 Å². The number of hydrogen-bond donors (Lipinski definition) is 1. The minimum atomic E-state index is -0.703. The zero-order chi connectivity index (χ0) is 9.12. The lowest BCUT2D eigenvalue weighted by molar-refractivity contribution is 0.154. The van der Waals surface area contributed by atoms with E-state index in [1.807, 2.05) is 0 Å². The smallest absolute Gasteiger partial charge is 0.290 e. The second kappa shape index (κ2) is 3.63. The summed E-state index contributed by atoms with van der Waals surface area (Å²) >= 11 is 0. The van der Waals surface area contributed by atoms with Gasteiger partial charge in [0.15, 0.2) is 0 Å². The Morgan fingerprint density at radius 3 is 1.73 bits per heavy atom. The van der Waals surface area contributed by atoms with Crippen LogP contribution in [0.1, 0.15) is 34.6 Å². The van der Waals surface area contributed by atoms with Crippen molar-refractivity contribution in [1.29, 1.82) is 0 Å². The molecule has 2 nitrogen and oxygen atoms in total. The number of rotatable bonds is 3. The Bertz CT molecular complexity index is 98.6. The largest absolute Gasteiger partial charge is 0.502 e. The highest BCUT2D eigenvalue weighted by atomic mass is 16.4. The molecule has 11 heavy (non-hydrogen) atoms. The maximum atomic E-state index is 9.29. The van der Waals surface area contributed by atoms with Gasteiger partial charge in [-0.15, -0.1) is 0 Å². The third-order valence-corrected chi connectivity index (χ3v) is 0.990. The summed E-state index contributed by atoms with van der Waals surface area (Å²) in [5, 5.41) is 9.48. The normalized spacial score (nSPS) is 12.9. The van der Waals surface area contributed by atoms with E-state index in [2.05, 4.69) is 20.8 Å². The predicted molar refractivity (Wildman–Crippen MR) is 51.4 cm³/mol. The van der Waals surface area contributed by atoms with Crippen LogP contribution in [0.2, 0.25) is 5.31 Å². The predicted octanol–water partition coefficient (Wildman–Crippen LogP) is 0.653. The van der Waals surface area contributed by atoms with E-state index < -0.39 is 5.50 Å². The van der Waals surface area contributed by atoms with Crippen LogP contribution in [-0.2, 0) is 4.57 Å². The highest BCUT2D eigenvalue weighted by Crippen LogP contribution is 2.20. The highest BCUT2D eigenvalue weighted by molar-refractivity contribution is 6.46. The molecule has 0 unspecified atom stereocenters. The molecule has 0 saturated carbocycles. The van der Waals surface area contributed by atoms with Crippen LogP contribution in [0, 0.1) is 0 Å². The van der Waals surface area contributed by atoms with Crippen LogP contribution in [0.3, 0.4) is 0 Å². The first-order chi connectivity index (χ1) is 4.71. The second-order valence-electron chi connectivity index (χ2n) is 4.87. The second-order valence-corrected chi connectivity index (χ2v) is 4.87. The van der Waals surface area contributed by atoms with Gasteiger partial charge in [0.1, 0.15) is 0 Å². The molecule has 1 N–H and O–H groups in total. The molecule has 0 aliphatic heterocycles. The van der Waals surface area contributed by atoms with Gasteiger partial charge in [-0.05, 0) is 19.2 Å². The van der Waals surface area contributed by atoms with Crippen molar-refractivity contribution in [3.63, 3.8) is 0 Å². The van der Waals surface area contributed by atoms with Crippen molar-refractivity contribution in [2.45, 2.75) is 45.4 Å². The van der Waals surface area contributed by atoms with Crippen molar-refractivity contribution in [1.82, 2.24) is 0 Å². The summed E-state index contributed by atoms with van der Waals surface area (Å²) in [7, 11) is 1.10. The maximum absolute atomic E-state index is 9.29. The van der Waals surface area contributed by atoms with E-state index in [9.17, 15) is 5.11 Å². The maximum Gasteiger partial charge on any atom is 0.290 e. The Hall–Kier alpha value is 0.0499. The van der Waals surface area contributed by atoms with Crippen LogP contribution in [0.15, 0.2) is 0 Å². The van der Waals surface area contributed by atoms with Gasteiger partial charge in [0.05, 0.1) is 5.50 Å². The topological polar surface area (TPSA) is 29.5 Å². The monoisotopic (exact) mass is 156 g/mol. The first kappa shape index (κ1) is 11.0. The van der Waals surface area contributed by atoms with Gasteiger partial charge in [0, 0.05) is 0 Å². The number of aliphatic hydroxyl groups is 1. The third-order valence-electron chi connectivity index (χ3n) is 0.990. The molecule has 0 heterocycles. The fraction of sp³-hybridized carbons (Fsp3) is 1.00. The molecule has 64 valence electrons. The summed E-state index contributed by atoms with van der Waals surface area (Å²) in [5.74, 6) is 0. The molecular formula is C7H18B2O2. The average Bonchev–Trinajstić information content (AvgIpc) is 1.55. The Kier molecular flexibility index (Phi) is 3.65. The molecule has 0 aliphatic rings. The summed E-state index contributed by atoms with van der Waals surface area (Å²) in [6.07, 6.45) is 0. The molecule has 0 saturated heterocycles. The van der Waals surface area contributed by atoms with Gasteiger partial charge in [0.25, 0.3) is 15.0 Å². The van der Waals surface area contributed by atoms with Gasteiger partial charge < -0.3 is 9.68 Å². The van der Waals surface area contributed by atoms with E-state index in [1.54, 1.807) is 13.8 Å². The van der Waals surface area contributed by atoms with Crippen molar-refractivity contribution in [2.24, 2.45) is 0 Å². The first-order valence-electron chi connectivity index (χ1n) is 4.01. The van der Waals surface area contributed by atoms with Gasteiger partial charge >= 0.3 is 0 Å². The quantitative estimate of drug-likeness (QED) is 0.607. The molecule has 0 aromatic rings. The minimum absolute atomic E-state index is 0.186. The molecular weight excluding hydrogens is 138 g/mol. The lowest BCUT2D eigenvalue weighted by Crippen LogP contribution is -2.32. The fourth-order valence-corrected chi connectivity index (χ4v) is 0.607. The van der Waals surface area contributed by atoms with Crippen molar-refractivity contribution >= 4 is 15.0 Å². The Morgan fingerprint density at radius 1 is 1.00 bits per heavy atom. The standard InChI is InChI=1S/C7H18B2O2/c1-6(2,3)8-11-9-7(4,5)10/h8-10H,1-5H3. The van der Waals surface area contributed by atoms with E-state index in [1.165, 1.54) is 0 Å². The highest BCUT2D eigenvalue weighted by Gasteiger charge is 2.19.